The molecule has 0 amide bonds. The number of halogens is 3. The molecule has 0 aliphatic carbocycles. The van der Waals surface area contributed by atoms with Gasteiger partial charge in [0.15, 0.2) is 17.5 Å². The van der Waals surface area contributed by atoms with Crippen LogP contribution in [0.25, 0.3) is 0 Å². The van der Waals surface area contributed by atoms with Crippen LogP contribution >= 0.6 is 0 Å². The molecule has 0 aliphatic heterocycles. The fraction of sp³-hybridized carbons (Fsp3) is 0.222. The van der Waals surface area contributed by atoms with Crippen molar-refractivity contribution in [1.82, 2.24) is 0 Å². The summed E-state index contributed by atoms with van der Waals surface area (Å²) in [5.74, 6) is -7.91. The SMILES string of the molecule is CCOC(=O)c1cc(OS(=O)(=O)c2ccc(F)c(F)c2F)cc(C(=O)OCC)c1. The van der Waals surface area contributed by atoms with Crippen molar-refractivity contribution in [2.75, 3.05) is 13.2 Å². The van der Waals surface area contributed by atoms with E-state index in [-0.39, 0.29) is 24.3 Å². The van der Waals surface area contributed by atoms with Crippen LogP contribution in [0, 0.1) is 17.5 Å². The number of benzene rings is 2. The Bertz CT molecular complexity index is 1020. The highest BCUT2D eigenvalue weighted by atomic mass is 32.2. The maximum absolute atomic E-state index is 13.9. The lowest BCUT2D eigenvalue weighted by Crippen LogP contribution is -2.15. The average Bonchev–Trinajstić information content (AvgIpc) is 2.65. The van der Waals surface area contributed by atoms with Crippen molar-refractivity contribution >= 4 is 22.1 Å². The molecule has 0 unspecified atom stereocenters. The Morgan fingerprint density at radius 1 is 0.862 bits per heavy atom. The van der Waals surface area contributed by atoms with Crippen LogP contribution < -0.4 is 4.18 Å². The zero-order valence-corrected chi connectivity index (χ0v) is 16.0. The van der Waals surface area contributed by atoms with Gasteiger partial charge in [-0.1, -0.05) is 0 Å². The first-order valence-corrected chi connectivity index (χ1v) is 9.58. The molecule has 0 spiro atoms. The van der Waals surface area contributed by atoms with E-state index in [1.165, 1.54) is 13.8 Å². The van der Waals surface area contributed by atoms with E-state index in [2.05, 4.69) is 0 Å². The largest absolute Gasteiger partial charge is 0.462 e. The van der Waals surface area contributed by atoms with Crippen molar-refractivity contribution in [2.24, 2.45) is 0 Å². The molecule has 2 aromatic carbocycles. The molecule has 156 valence electrons. The summed E-state index contributed by atoms with van der Waals surface area (Å²) in [6.45, 7) is 3.05. The van der Waals surface area contributed by atoms with Crippen molar-refractivity contribution in [3.05, 3.63) is 58.9 Å². The smallest absolute Gasteiger partial charge is 0.342 e. The summed E-state index contributed by atoms with van der Waals surface area (Å²) in [6.07, 6.45) is 0. The summed E-state index contributed by atoms with van der Waals surface area (Å²) in [7, 11) is -4.98. The predicted octanol–water partition coefficient (Wildman–Crippen LogP) is 3.23. The number of hydrogen-bond donors (Lipinski definition) is 0. The molecule has 2 rings (SSSR count). The van der Waals surface area contributed by atoms with E-state index in [4.69, 9.17) is 13.7 Å². The zero-order valence-electron chi connectivity index (χ0n) is 15.2. The lowest BCUT2D eigenvalue weighted by atomic mass is 10.1. The quantitative estimate of drug-likeness (QED) is 0.377. The van der Waals surface area contributed by atoms with Gasteiger partial charge in [-0.3, -0.25) is 0 Å². The van der Waals surface area contributed by atoms with Crippen LogP contribution in [0.1, 0.15) is 34.6 Å². The Hall–Kier alpha value is -3.08. The minimum Gasteiger partial charge on any atom is -0.462 e. The van der Waals surface area contributed by atoms with Gasteiger partial charge < -0.3 is 13.7 Å². The maximum Gasteiger partial charge on any atom is 0.342 e. The molecule has 2 aromatic rings. The van der Waals surface area contributed by atoms with Crippen LogP contribution in [0.4, 0.5) is 13.2 Å². The molecule has 7 nitrogen and oxygen atoms in total. The van der Waals surface area contributed by atoms with Gasteiger partial charge in [-0.2, -0.15) is 8.42 Å². The molecular weight excluding hydrogens is 417 g/mol. The molecule has 0 N–H and O–H groups in total. The summed E-state index contributed by atoms with van der Waals surface area (Å²) < 4.78 is 79.2. The number of carbonyl (C=O) groups excluding carboxylic acids is 2. The van der Waals surface area contributed by atoms with Gasteiger partial charge in [0.2, 0.25) is 0 Å². The van der Waals surface area contributed by atoms with Crippen molar-refractivity contribution in [2.45, 2.75) is 18.7 Å². The normalized spacial score (nSPS) is 11.1. The lowest BCUT2D eigenvalue weighted by molar-refractivity contribution is 0.0524. The summed E-state index contributed by atoms with van der Waals surface area (Å²) >= 11 is 0. The monoisotopic (exact) mass is 432 g/mol. The van der Waals surface area contributed by atoms with E-state index in [1.54, 1.807) is 0 Å². The summed E-state index contributed by atoms with van der Waals surface area (Å²) in [5.41, 5.74) is -0.485. The van der Waals surface area contributed by atoms with E-state index in [0.717, 1.165) is 18.2 Å². The number of hydrogen-bond acceptors (Lipinski definition) is 7. The van der Waals surface area contributed by atoms with Crippen molar-refractivity contribution in [1.29, 1.82) is 0 Å². The van der Waals surface area contributed by atoms with Crippen LogP contribution in [-0.2, 0) is 19.6 Å². The van der Waals surface area contributed by atoms with Gasteiger partial charge in [-0.15, -0.1) is 0 Å². The molecular formula is C18H15F3O7S. The predicted molar refractivity (Wildman–Crippen MR) is 92.5 cm³/mol. The Kier molecular flexibility index (Phi) is 6.85. The van der Waals surface area contributed by atoms with Gasteiger partial charge >= 0.3 is 22.1 Å². The highest BCUT2D eigenvalue weighted by Gasteiger charge is 2.27. The number of ether oxygens (including phenoxy) is 2. The van der Waals surface area contributed by atoms with Gasteiger partial charge in [0.1, 0.15) is 10.6 Å². The van der Waals surface area contributed by atoms with Crippen molar-refractivity contribution < 1.29 is 44.8 Å². The Morgan fingerprint density at radius 2 is 1.38 bits per heavy atom. The third-order valence-electron chi connectivity index (χ3n) is 3.40. The molecule has 0 saturated heterocycles. The van der Waals surface area contributed by atoms with Crippen LogP contribution in [0.5, 0.6) is 5.75 Å². The second kappa shape index (κ2) is 8.95. The topological polar surface area (TPSA) is 96.0 Å². The van der Waals surface area contributed by atoms with E-state index in [0.29, 0.717) is 12.1 Å². The molecule has 0 fully saturated rings. The molecule has 0 aliphatic rings. The van der Waals surface area contributed by atoms with Crippen LogP contribution in [0.3, 0.4) is 0 Å². The standard InChI is InChI=1S/C18H15F3O7S/c1-3-26-17(22)10-7-11(18(23)27-4-2)9-12(8-10)28-29(24,25)14-6-5-13(19)15(20)16(14)21/h5-9H,3-4H2,1-2H3. The van der Waals surface area contributed by atoms with E-state index >= 15 is 0 Å². The third kappa shape index (κ3) is 5.05. The first-order valence-electron chi connectivity index (χ1n) is 8.18. The fourth-order valence-electron chi connectivity index (χ4n) is 2.18. The molecule has 11 heteroatoms. The molecule has 0 atom stereocenters. The molecule has 29 heavy (non-hydrogen) atoms. The number of rotatable bonds is 7. The molecule has 0 heterocycles. The van der Waals surface area contributed by atoms with Gasteiger partial charge in [-0.05, 0) is 44.2 Å². The average molecular weight is 432 g/mol. The van der Waals surface area contributed by atoms with E-state index in [9.17, 15) is 31.2 Å². The Balaban J connectivity index is 2.51. The summed E-state index contributed by atoms with van der Waals surface area (Å²) in [6, 6.07) is 3.83. The van der Waals surface area contributed by atoms with Crippen LogP contribution in [0.2, 0.25) is 0 Å². The Morgan fingerprint density at radius 3 is 1.86 bits per heavy atom. The Labute approximate surface area is 164 Å². The summed E-state index contributed by atoms with van der Waals surface area (Å²) in [5, 5.41) is 0. The van der Waals surface area contributed by atoms with Crippen LogP contribution in [-0.4, -0.2) is 33.6 Å². The van der Waals surface area contributed by atoms with Gasteiger partial charge in [-0.25, -0.2) is 22.8 Å². The molecule has 0 saturated carbocycles. The molecule has 0 aromatic heterocycles. The van der Waals surface area contributed by atoms with Gasteiger partial charge in [0.05, 0.1) is 24.3 Å². The van der Waals surface area contributed by atoms with Gasteiger partial charge in [0, 0.05) is 0 Å². The summed E-state index contributed by atoms with van der Waals surface area (Å²) in [4.78, 5) is 22.7. The third-order valence-corrected chi connectivity index (χ3v) is 4.67. The zero-order chi connectivity index (χ0) is 21.8. The first kappa shape index (κ1) is 22.2. The first-order chi connectivity index (χ1) is 13.6. The molecule has 0 bridgehead atoms. The van der Waals surface area contributed by atoms with Crippen LogP contribution in [0.15, 0.2) is 35.2 Å². The molecule has 0 radical (unpaired) electrons. The minimum atomic E-state index is -4.98. The highest BCUT2D eigenvalue weighted by molar-refractivity contribution is 7.87. The van der Waals surface area contributed by atoms with Crippen molar-refractivity contribution in [3.63, 3.8) is 0 Å². The van der Waals surface area contributed by atoms with E-state index in [1.807, 2.05) is 0 Å². The number of carbonyl (C=O) groups is 2. The van der Waals surface area contributed by atoms with Gasteiger partial charge in [0.25, 0.3) is 0 Å². The lowest BCUT2D eigenvalue weighted by Gasteiger charge is -2.11. The van der Waals surface area contributed by atoms with Crippen molar-refractivity contribution in [3.8, 4) is 5.75 Å². The second-order valence-electron chi connectivity index (χ2n) is 5.40. The van der Waals surface area contributed by atoms with E-state index < -0.39 is 50.2 Å². The fourth-order valence-corrected chi connectivity index (χ4v) is 3.17. The maximum atomic E-state index is 13.9. The second-order valence-corrected chi connectivity index (χ2v) is 6.91. The minimum absolute atomic E-state index is 0.00295. The number of esters is 2. The highest BCUT2D eigenvalue weighted by Crippen LogP contribution is 2.26.